The molecule has 1 aliphatic rings. The number of pyridine rings is 1. The van der Waals surface area contributed by atoms with Gasteiger partial charge in [-0.05, 0) is 34.8 Å². The highest BCUT2D eigenvalue weighted by atomic mass is 79.9. The van der Waals surface area contributed by atoms with E-state index in [0.29, 0.717) is 15.0 Å². The number of hydrogen-bond donors (Lipinski definition) is 3. The van der Waals surface area contributed by atoms with Crippen LogP contribution in [0.1, 0.15) is 46.5 Å². The fourth-order valence-corrected chi connectivity index (χ4v) is 4.25. The lowest BCUT2D eigenvalue weighted by Crippen LogP contribution is -2.22. The zero-order chi connectivity index (χ0) is 18.7. The highest BCUT2D eigenvalue weighted by Crippen LogP contribution is 2.31. The van der Waals surface area contributed by atoms with Crippen molar-refractivity contribution in [2.45, 2.75) is 25.7 Å². The Hall–Kier alpha value is -2.33. The number of carbonyl (C=O) groups is 3. The molecule has 8 nitrogen and oxygen atoms in total. The van der Waals surface area contributed by atoms with Gasteiger partial charge in [0, 0.05) is 17.7 Å². The number of nitrogens with zero attached hydrogens (tertiary/aromatic N) is 2. The summed E-state index contributed by atoms with van der Waals surface area (Å²) in [6.45, 7) is 0. The third-order valence-corrected chi connectivity index (χ3v) is 5.69. The van der Waals surface area contributed by atoms with Gasteiger partial charge in [-0.15, -0.1) is 0 Å². The summed E-state index contributed by atoms with van der Waals surface area (Å²) >= 11 is 4.07. The van der Waals surface area contributed by atoms with Gasteiger partial charge in [-0.2, -0.15) is 0 Å². The van der Waals surface area contributed by atoms with Gasteiger partial charge in [-0.1, -0.05) is 24.2 Å². The second-order valence-corrected chi connectivity index (χ2v) is 8.11. The molecule has 2 aromatic heterocycles. The van der Waals surface area contributed by atoms with Crippen LogP contribution in [-0.2, 0) is 0 Å². The summed E-state index contributed by atoms with van der Waals surface area (Å²) in [6, 6.07) is 0.968. The van der Waals surface area contributed by atoms with Crippen LogP contribution in [-0.4, -0.2) is 32.9 Å². The summed E-state index contributed by atoms with van der Waals surface area (Å²) in [5.74, 6) is -1.21. The minimum absolute atomic E-state index is 0.00496. The van der Waals surface area contributed by atoms with Gasteiger partial charge in [-0.3, -0.25) is 15.1 Å². The van der Waals surface area contributed by atoms with Crippen LogP contribution < -0.4 is 10.6 Å². The number of thiazole rings is 1. The maximum atomic E-state index is 12.6. The maximum absolute atomic E-state index is 12.6. The number of carbonyl (C=O) groups excluding carboxylic acids is 2. The molecule has 0 unspecified atom stereocenters. The number of hydrogen-bond acceptors (Lipinski definition) is 6. The van der Waals surface area contributed by atoms with Crippen molar-refractivity contribution >= 4 is 55.9 Å². The summed E-state index contributed by atoms with van der Waals surface area (Å²) in [6.07, 6.45) is 6.73. The number of Topliss-reactive ketones (excluding diaryl/α,β-unsaturated/α-hetero) is 1. The average molecular weight is 439 g/mol. The Morgan fingerprint density at radius 3 is 2.62 bits per heavy atom. The van der Waals surface area contributed by atoms with Gasteiger partial charge in [0.2, 0.25) is 0 Å². The zero-order valence-corrected chi connectivity index (χ0v) is 15.9. The van der Waals surface area contributed by atoms with Crippen LogP contribution in [0.4, 0.5) is 15.6 Å². The molecule has 0 radical (unpaired) electrons. The monoisotopic (exact) mass is 438 g/mol. The lowest BCUT2D eigenvalue weighted by atomic mass is 9.96. The van der Waals surface area contributed by atoms with E-state index in [0.717, 1.165) is 37.0 Å². The Kier molecular flexibility index (Phi) is 5.62. The lowest BCUT2D eigenvalue weighted by molar-refractivity contribution is 0.0690. The van der Waals surface area contributed by atoms with Gasteiger partial charge in [0.25, 0.3) is 0 Å². The number of aromatic nitrogens is 2. The van der Waals surface area contributed by atoms with Gasteiger partial charge >= 0.3 is 12.0 Å². The Morgan fingerprint density at radius 2 is 1.96 bits per heavy atom. The van der Waals surface area contributed by atoms with Crippen LogP contribution in [0.2, 0.25) is 0 Å². The van der Waals surface area contributed by atoms with E-state index in [-0.39, 0.29) is 22.5 Å². The SMILES string of the molecule is O=C(Nc1nc(C(=O)O)c(Br)s1)Nc1cnccc1C(=O)C1CCCC1. The second kappa shape index (κ2) is 7.92. The van der Waals surface area contributed by atoms with Gasteiger partial charge in [0.15, 0.2) is 16.6 Å². The quantitative estimate of drug-likeness (QED) is 0.606. The van der Waals surface area contributed by atoms with Gasteiger partial charge in [-0.25, -0.2) is 14.6 Å². The molecule has 0 aromatic carbocycles. The Balaban J connectivity index is 1.72. The molecule has 0 atom stereocenters. The zero-order valence-electron chi connectivity index (χ0n) is 13.5. The number of carboxylic acids is 1. The van der Waals surface area contributed by atoms with Gasteiger partial charge < -0.3 is 10.4 Å². The van der Waals surface area contributed by atoms with Crippen molar-refractivity contribution in [2.75, 3.05) is 10.6 Å². The topological polar surface area (TPSA) is 121 Å². The predicted octanol–water partition coefficient (Wildman–Crippen LogP) is 4.02. The van der Waals surface area contributed by atoms with Crippen molar-refractivity contribution in [1.82, 2.24) is 9.97 Å². The predicted molar refractivity (Wildman–Crippen MR) is 99.9 cm³/mol. The highest BCUT2D eigenvalue weighted by molar-refractivity contribution is 9.11. The molecule has 2 amide bonds. The van der Waals surface area contributed by atoms with Crippen molar-refractivity contribution in [2.24, 2.45) is 5.92 Å². The van der Waals surface area contributed by atoms with E-state index in [1.165, 1.54) is 12.4 Å². The average Bonchev–Trinajstić information content (AvgIpc) is 3.24. The fourth-order valence-electron chi connectivity index (χ4n) is 2.85. The summed E-state index contributed by atoms with van der Waals surface area (Å²) in [5, 5.41) is 14.2. The molecule has 0 saturated heterocycles. The van der Waals surface area contributed by atoms with Gasteiger partial charge in [0.1, 0.15) is 3.79 Å². The number of anilines is 2. The molecule has 3 rings (SSSR count). The molecule has 1 fully saturated rings. The number of rotatable bonds is 5. The van der Waals surface area contributed by atoms with E-state index in [4.69, 9.17) is 5.11 Å². The van der Waals surface area contributed by atoms with Crippen molar-refractivity contribution < 1.29 is 19.5 Å². The molecule has 1 saturated carbocycles. The largest absolute Gasteiger partial charge is 0.476 e. The summed E-state index contributed by atoms with van der Waals surface area (Å²) in [4.78, 5) is 43.6. The second-order valence-electron chi connectivity index (χ2n) is 5.79. The van der Waals surface area contributed by atoms with Crippen LogP contribution in [0.5, 0.6) is 0 Å². The Morgan fingerprint density at radius 1 is 1.23 bits per heavy atom. The summed E-state index contributed by atoms with van der Waals surface area (Å²) < 4.78 is 0.304. The Bertz CT molecular complexity index is 864. The molecule has 2 aromatic rings. The van der Waals surface area contributed by atoms with Crippen LogP contribution >= 0.6 is 27.3 Å². The van der Waals surface area contributed by atoms with E-state index in [1.54, 1.807) is 6.07 Å². The molecule has 2 heterocycles. The normalized spacial score (nSPS) is 14.2. The maximum Gasteiger partial charge on any atom is 0.356 e. The first-order chi connectivity index (χ1) is 12.5. The number of amides is 2. The highest BCUT2D eigenvalue weighted by Gasteiger charge is 2.26. The number of carboxylic acid groups (broad SMARTS) is 1. The number of halogens is 1. The number of nitrogens with one attached hydrogen (secondary N) is 2. The standard InChI is InChI=1S/C16H15BrN4O4S/c17-13-11(14(23)24)20-16(26-13)21-15(25)19-10-7-18-6-5-9(10)12(22)8-3-1-2-4-8/h5-8H,1-4H2,(H,23,24)(H2,19,20,21,25). The molecular formula is C16H15BrN4O4S. The smallest absolute Gasteiger partial charge is 0.356 e. The fraction of sp³-hybridized carbons (Fsp3) is 0.312. The first kappa shape index (κ1) is 18.5. The van der Waals surface area contributed by atoms with Crippen LogP contribution in [0, 0.1) is 5.92 Å². The number of aromatic carboxylic acids is 1. The van der Waals surface area contributed by atoms with E-state index < -0.39 is 12.0 Å². The molecule has 1 aliphatic carbocycles. The van der Waals surface area contributed by atoms with Crippen LogP contribution in [0.25, 0.3) is 0 Å². The lowest BCUT2D eigenvalue weighted by Gasteiger charge is -2.13. The van der Waals surface area contributed by atoms with Crippen molar-refractivity contribution in [3.63, 3.8) is 0 Å². The minimum atomic E-state index is -1.20. The first-order valence-electron chi connectivity index (χ1n) is 7.91. The minimum Gasteiger partial charge on any atom is -0.476 e. The van der Waals surface area contributed by atoms with Crippen LogP contribution in [0.3, 0.4) is 0 Å². The van der Waals surface area contributed by atoms with Crippen LogP contribution in [0.15, 0.2) is 22.2 Å². The third-order valence-electron chi connectivity index (χ3n) is 4.07. The first-order valence-corrected chi connectivity index (χ1v) is 9.52. The van der Waals surface area contributed by atoms with E-state index in [1.807, 2.05) is 0 Å². The van der Waals surface area contributed by atoms with E-state index >= 15 is 0 Å². The molecule has 3 N–H and O–H groups in total. The van der Waals surface area contributed by atoms with Crippen molar-refractivity contribution in [1.29, 1.82) is 0 Å². The number of ketones is 1. The molecule has 0 bridgehead atoms. The third kappa shape index (κ3) is 4.07. The van der Waals surface area contributed by atoms with E-state index in [9.17, 15) is 14.4 Å². The number of urea groups is 1. The Labute approximate surface area is 161 Å². The molecular weight excluding hydrogens is 424 g/mol. The summed E-state index contributed by atoms with van der Waals surface area (Å²) in [7, 11) is 0. The molecule has 0 aliphatic heterocycles. The van der Waals surface area contributed by atoms with Gasteiger partial charge in [0.05, 0.1) is 11.9 Å². The van der Waals surface area contributed by atoms with Crippen molar-refractivity contribution in [3.05, 3.63) is 33.5 Å². The summed E-state index contributed by atoms with van der Waals surface area (Å²) in [5.41, 5.74) is 0.563. The molecule has 10 heteroatoms. The van der Waals surface area contributed by atoms with Crippen molar-refractivity contribution in [3.8, 4) is 0 Å². The molecule has 136 valence electrons. The molecule has 26 heavy (non-hydrogen) atoms. The van der Waals surface area contributed by atoms with E-state index in [2.05, 4.69) is 36.5 Å². The molecule has 0 spiro atoms.